The minimum absolute atomic E-state index is 0.349. The summed E-state index contributed by atoms with van der Waals surface area (Å²) in [7, 11) is 0. The Morgan fingerprint density at radius 2 is 1.77 bits per heavy atom. The van der Waals surface area contributed by atoms with Gasteiger partial charge in [-0.2, -0.15) is 15.0 Å². The van der Waals surface area contributed by atoms with Gasteiger partial charge in [-0.05, 0) is 37.3 Å². The second-order valence-electron chi connectivity index (χ2n) is 6.31. The van der Waals surface area contributed by atoms with E-state index in [1.54, 1.807) is 0 Å². The van der Waals surface area contributed by atoms with Gasteiger partial charge in [0.2, 0.25) is 0 Å². The van der Waals surface area contributed by atoms with E-state index >= 15 is 0 Å². The van der Waals surface area contributed by atoms with Crippen LogP contribution in [0.3, 0.4) is 0 Å². The van der Waals surface area contributed by atoms with Gasteiger partial charge in [-0.15, -0.1) is 0 Å². The Morgan fingerprint density at radius 1 is 1.12 bits per heavy atom. The molecule has 0 spiro atoms. The van der Waals surface area contributed by atoms with Crippen molar-refractivity contribution in [3.63, 3.8) is 0 Å². The van der Waals surface area contributed by atoms with Crippen LogP contribution < -0.4 is 0 Å². The Balaban J connectivity index is 1.56. The third-order valence-electron chi connectivity index (χ3n) is 4.33. The molecule has 2 aromatic heterocycles. The zero-order chi connectivity index (χ0) is 18.5. The number of carbonyl (C=O) groups is 1. The first kappa shape index (κ1) is 17.8. The molecule has 0 saturated carbocycles. The summed E-state index contributed by atoms with van der Waals surface area (Å²) in [6.45, 7) is 3.80. The van der Waals surface area contributed by atoms with Gasteiger partial charge >= 0.3 is 5.97 Å². The number of benzene rings is 1. The van der Waals surface area contributed by atoms with Crippen molar-refractivity contribution in [1.82, 2.24) is 20.0 Å². The Morgan fingerprint density at radius 3 is 2.35 bits per heavy atom. The summed E-state index contributed by atoms with van der Waals surface area (Å²) < 4.78 is 5.45. The van der Waals surface area contributed by atoms with Gasteiger partial charge in [-0.25, -0.2) is 9.78 Å². The number of aryl methyl sites for hydroxylation is 4. The van der Waals surface area contributed by atoms with Crippen LogP contribution in [0.15, 0.2) is 41.1 Å². The van der Waals surface area contributed by atoms with E-state index in [1.165, 1.54) is 22.8 Å². The minimum Gasteiger partial charge on any atom is -0.480 e. The summed E-state index contributed by atoms with van der Waals surface area (Å²) in [4.78, 5) is 17.1. The monoisotopic (exact) mass is 354 g/mol. The van der Waals surface area contributed by atoms with Gasteiger partial charge in [-0.3, -0.25) is 0 Å². The Kier molecular flexibility index (Phi) is 5.46. The molecule has 0 aliphatic rings. The molecular weight excluding hydrogens is 332 g/mol. The van der Waals surface area contributed by atoms with Gasteiger partial charge in [0.1, 0.15) is 5.76 Å². The molecule has 26 heavy (non-hydrogen) atoms. The highest BCUT2D eigenvalue weighted by molar-refractivity contribution is 5.72. The molecule has 7 heteroatoms. The van der Waals surface area contributed by atoms with Crippen LogP contribution in [0.4, 0.5) is 0 Å². The highest BCUT2D eigenvalue weighted by atomic mass is 16.4. The van der Waals surface area contributed by atoms with Crippen molar-refractivity contribution in [2.75, 3.05) is 0 Å². The number of carboxylic acids is 1. The fourth-order valence-electron chi connectivity index (χ4n) is 2.98. The van der Waals surface area contributed by atoms with Gasteiger partial charge < -0.3 is 9.52 Å². The van der Waals surface area contributed by atoms with E-state index in [-0.39, 0.29) is 0 Å². The van der Waals surface area contributed by atoms with Crippen LogP contribution >= 0.6 is 0 Å². The fraction of sp³-hybridized carbons (Fsp3) is 0.368. The second-order valence-corrected chi connectivity index (χ2v) is 6.31. The third kappa shape index (κ3) is 4.36. The predicted octanol–water partition coefficient (Wildman–Crippen LogP) is 2.93. The van der Waals surface area contributed by atoms with E-state index in [2.05, 4.69) is 15.2 Å². The van der Waals surface area contributed by atoms with Crippen LogP contribution in [0, 0.1) is 13.8 Å². The number of hydrogen-bond donors (Lipinski definition) is 1. The maximum absolute atomic E-state index is 11.5. The molecule has 0 fully saturated rings. The first-order valence-corrected chi connectivity index (χ1v) is 8.62. The zero-order valence-electron chi connectivity index (χ0n) is 14.9. The summed E-state index contributed by atoms with van der Waals surface area (Å²) >= 11 is 0. The van der Waals surface area contributed by atoms with E-state index in [0.29, 0.717) is 12.3 Å². The molecule has 1 unspecified atom stereocenters. The van der Waals surface area contributed by atoms with Crippen molar-refractivity contribution < 1.29 is 14.3 Å². The number of hydrogen-bond acceptors (Lipinski definition) is 5. The normalized spacial score (nSPS) is 12.2. The van der Waals surface area contributed by atoms with Gasteiger partial charge in [0, 0.05) is 13.3 Å². The van der Waals surface area contributed by atoms with Gasteiger partial charge in [0.25, 0.3) is 0 Å². The number of carboxylic acid groups (broad SMARTS) is 1. The first-order valence-electron chi connectivity index (χ1n) is 8.62. The quantitative estimate of drug-likeness (QED) is 0.668. The van der Waals surface area contributed by atoms with Crippen molar-refractivity contribution in [2.45, 2.75) is 45.6 Å². The number of nitrogens with zero attached hydrogens (tertiary/aromatic N) is 4. The molecule has 1 atom stereocenters. The molecule has 0 saturated heterocycles. The van der Waals surface area contributed by atoms with Crippen molar-refractivity contribution in [3.05, 3.63) is 65.1 Å². The van der Waals surface area contributed by atoms with Crippen molar-refractivity contribution in [3.8, 4) is 0 Å². The van der Waals surface area contributed by atoms with Crippen LogP contribution in [0.25, 0.3) is 0 Å². The lowest BCUT2D eigenvalue weighted by Gasteiger charge is -2.12. The summed E-state index contributed by atoms with van der Waals surface area (Å²) in [6, 6.07) is 7.24. The number of aliphatic carboxylic acids is 1. The van der Waals surface area contributed by atoms with Crippen molar-refractivity contribution in [1.29, 1.82) is 0 Å². The second kappa shape index (κ2) is 7.95. The van der Waals surface area contributed by atoms with Gasteiger partial charge in [0.15, 0.2) is 11.9 Å². The van der Waals surface area contributed by atoms with Crippen LogP contribution in [0.5, 0.6) is 0 Å². The molecule has 0 aliphatic heterocycles. The van der Waals surface area contributed by atoms with Crippen molar-refractivity contribution >= 4 is 5.97 Å². The smallest absolute Gasteiger partial charge is 0.330 e. The summed E-state index contributed by atoms with van der Waals surface area (Å²) in [5, 5.41) is 17.3. The predicted molar refractivity (Wildman–Crippen MR) is 94.8 cm³/mol. The average Bonchev–Trinajstić information content (AvgIpc) is 3.23. The Labute approximate surface area is 151 Å². The topological polar surface area (TPSA) is 94.0 Å². The number of aromatic nitrogens is 4. The van der Waals surface area contributed by atoms with E-state index in [0.717, 1.165) is 36.3 Å². The zero-order valence-corrected chi connectivity index (χ0v) is 14.9. The fourth-order valence-corrected chi connectivity index (χ4v) is 2.98. The molecule has 0 bridgehead atoms. The van der Waals surface area contributed by atoms with E-state index < -0.39 is 12.0 Å². The number of oxazole rings is 1. The molecule has 0 radical (unpaired) electrons. The van der Waals surface area contributed by atoms with Crippen LogP contribution in [0.1, 0.15) is 40.9 Å². The Hall–Kier alpha value is -2.96. The largest absolute Gasteiger partial charge is 0.480 e. The number of rotatable bonds is 8. The minimum atomic E-state index is -0.941. The summed E-state index contributed by atoms with van der Waals surface area (Å²) in [5.41, 5.74) is 3.19. The lowest BCUT2D eigenvalue weighted by atomic mass is 10.0. The van der Waals surface area contributed by atoms with Gasteiger partial charge in [-0.1, -0.05) is 24.3 Å². The van der Waals surface area contributed by atoms with Gasteiger partial charge in [0.05, 0.1) is 18.1 Å². The lowest BCUT2D eigenvalue weighted by Crippen LogP contribution is -2.23. The molecule has 0 amide bonds. The molecule has 3 aromatic rings. The summed E-state index contributed by atoms with van der Waals surface area (Å²) in [6.07, 6.45) is 6.13. The van der Waals surface area contributed by atoms with E-state index in [9.17, 15) is 9.90 Å². The van der Waals surface area contributed by atoms with Crippen LogP contribution in [0.2, 0.25) is 0 Å². The van der Waals surface area contributed by atoms with Crippen molar-refractivity contribution in [2.24, 2.45) is 0 Å². The highest BCUT2D eigenvalue weighted by Gasteiger charge is 2.21. The molecular formula is C19H22N4O3. The lowest BCUT2D eigenvalue weighted by molar-refractivity contribution is -0.141. The first-order chi connectivity index (χ1) is 12.5. The third-order valence-corrected chi connectivity index (χ3v) is 4.33. The molecule has 0 aliphatic carbocycles. The van der Waals surface area contributed by atoms with E-state index in [4.69, 9.17) is 4.42 Å². The molecule has 7 nitrogen and oxygen atoms in total. The maximum Gasteiger partial charge on any atom is 0.330 e. The molecule has 1 N–H and O–H groups in total. The summed E-state index contributed by atoms with van der Waals surface area (Å²) in [5.74, 6) is 0.662. The standard InChI is InChI=1S/C19H22N4O3/c1-13-17(22-14(2)26-13)5-3-4-15-6-8-16(9-7-15)12-18(19(24)25)23-20-10-11-21-23/h6-11,18H,3-5,12H2,1-2H3,(H,24,25). The highest BCUT2D eigenvalue weighted by Crippen LogP contribution is 2.16. The maximum atomic E-state index is 11.5. The molecule has 3 rings (SSSR count). The molecule has 136 valence electrons. The van der Waals surface area contributed by atoms with Crippen LogP contribution in [-0.4, -0.2) is 31.1 Å². The average molecular weight is 354 g/mol. The molecule has 2 heterocycles. The molecule has 1 aromatic carbocycles. The van der Waals surface area contributed by atoms with Crippen LogP contribution in [-0.2, 0) is 24.1 Å². The Bertz CT molecular complexity index is 854. The SMILES string of the molecule is Cc1nc(CCCc2ccc(CC(C(=O)O)n3nccn3)cc2)c(C)o1. The van der Waals surface area contributed by atoms with E-state index in [1.807, 2.05) is 38.1 Å².